The van der Waals surface area contributed by atoms with Gasteiger partial charge in [-0.05, 0) is 25.2 Å². The number of rotatable bonds is 13. The number of carbonyl (C=O) groups is 1. The molecule has 0 aromatic rings. The molecule has 0 bridgehead atoms. The Morgan fingerprint density at radius 3 is 2.30 bits per heavy atom. The smallest absolute Gasteiger partial charge is 0.335 e. The number of ether oxygens (including phenoxy) is 4. The van der Waals surface area contributed by atoms with Crippen LogP contribution in [0.25, 0.3) is 0 Å². The maximum absolute atomic E-state index is 11.6. The Bertz CT molecular complexity index is 512. The van der Waals surface area contributed by atoms with Crippen LogP contribution in [-0.4, -0.2) is 101 Å². The maximum atomic E-state index is 11.6. The summed E-state index contributed by atoms with van der Waals surface area (Å²) in [5, 5.41) is 49.2. The molecular formula is C20H38O10. The molecule has 0 aromatic heterocycles. The largest absolute Gasteiger partial charge is 0.479 e. The summed E-state index contributed by atoms with van der Waals surface area (Å²) in [7, 11) is 1.32. The average molecular weight is 439 g/mol. The van der Waals surface area contributed by atoms with E-state index in [4.69, 9.17) is 18.9 Å². The molecule has 1 fully saturated rings. The van der Waals surface area contributed by atoms with Crippen LogP contribution in [0.5, 0.6) is 0 Å². The molecule has 0 aromatic carbocycles. The molecule has 10 nitrogen and oxygen atoms in total. The Labute approximate surface area is 177 Å². The highest BCUT2D eigenvalue weighted by molar-refractivity contribution is 5.73. The lowest BCUT2D eigenvalue weighted by Gasteiger charge is -2.46. The highest BCUT2D eigenvalue weighted by Gasteiger charge is 2.46. The van der Waals surface area contributed by atoms with Crippen LogP contribution in [0, 0.1) is 5.41 Å². The van der Waals surface area contributed by atoms with Crippen LogP contribution in [0.2, 0.25) is 0 Å². The van der Waals surface area contributed by atoms with Crippen molar-refractivity contribution in [3.05, 3.63) is 0 Å². The molecule has 1 saturated heterocycles. The third kappa shape index (κ3) is 6.57. The number of methoxy groups -OCH3 is 1. The van der Waals surface area contributed by atoms with Gasteiger partial charge in [-0.15, -0.1) is 0 Å². The normalized spacial score (nSPS) is 29.2. The molecule has 0 spiro atoms. The number of aliphatic hydroxyl groups excluding tert-OH is 4. The lowest BCUT2D eigenvalue weighted by molar-refractivity contribution is -0.292. The van der Waals surface area contributed by atoms with Crippen LogP contribution in [0.3, 0.4) is 0 Å². The zero-order chi connectivity index (χ0) is 23.1. The Kier molecular flexibility index (Phi) is 11.1. The van der Waals surface area contributed by atoms with Gasteiger partial charge >= 0.3 is 5.97 Å². The molecule has 30 heavy (non-hydrogen) atoms. The maximum Gasteiger partial charge on any atom is 0.335 e. The number of carboxylic acid groups (broad SMARTS) is 1. The second-order valence-corrected chi connectivity index (χ2v) is 8.06. The molecule has 0 radical (unpaired) electrons. The van der Waals surface area contributed by atoms with Gasteiger partial charge in [-0.2, -0.15) is 0 Å². The third-order valence-electron chi connectivity index (χ3n) is 6.25. The second kappa shape index (κ2) is 12.3. The summed E-state index contributed by atoms with van der Waals surface area (Å²) in [4.78, 5) is 11.6. The van der Waals surface area contributed by atoms with E-state index in [2.05, 4.69) is 0 Å². The Morgan fingerprint density at radius 2 is 1.87 bits per heavy atom. The number of hydrogen-bond acceptors (Lipinski definition) is 9. The van der Waals surface area contributed by atoms with Crippen molar-refractivity contribution in [3.63, 3.8) is 0 Å². The number of carboxylic acids is 1. The fraction of sp³-hybridized carbons (Fsp3) is 0.950. The highest BCUT2D eigenvalue weighted by atomic mass is 16.7. The molecule has 5 N–H and O–H groups in total. The first-order valence-electron chi connectivity index (χ1n) is 10.4. The van der Waals surface area contributed by atoms with Crippen molar-refractivity contribution in [2.45, 2.75) is 96.0 Å². The molecule has 0 aliphatic carbocycles. The van der Waals surface area contributed by atoms with Crippen LogP contribution in [0.1, 0.15) is 47.0 Å². The van der Waals surface area contributed by atoms with Gasteiger partial charge < -0.3 is 44.5 Å². The van der Waals surface area contributed by atoms with Crippen molar-refractivity contribution < 1.29 is 49.3 Å². The van der Waals surface area contributed by atoms with Crippen molar-refractivity contribution >= 4 is 5.97 Å². The lowest BCUT2D eigenvalue weighted by Crippen LogP contribution is -2.57. The van der Waals surface area contributed by atoms with E-state index in [-0.39, 0.29) is 17.9 Å². The summed E-state index contributed by atoms with van der Waals surface area (Å²) in [5.41, 5.74) is -0.241. The molecule has 8 atom stereocenters. The predicted molar refractivity (Wildman–Crippen MR) is 106 cm³/mol. The summed E-state index contributed by atoms with van der Waals surface area (Å²) in [6.07, 6.45) is -7.01. The van der Waals surface area contributed by atoms with E-state index in [9.17, 15) is 30.3 Å². The van der Waals surface area contributed by atoms with Crippen LogP contribution in [0.15, 0.2) is 0 Å². The fourth-order valence-corrected chi connectivity index (χ4v) is 3.49. The van der Waals surface area contributed by atoms with E-state index >= 15 is 0 Å². The zero-order valence-electron chi connectivity index (χ0n) is 18.4. The standard InChI is InChI=1S/C20H38O10/c1-6-20(4,7-2)15-8-13(16(24)14(10-22)28-15)29-19(12(23)9-21)30-17(18(25)26)11(3)27-5/h11-17,19,21-24H,6-10H2,1-5H3,(H,25,26)/t11-,12-,13+,14?,15?,16?,17?,19?/m0/s1. The van der Waals surface area contributed by atoms with Crippen LogP contribution < -0.4 is 0 Å². The number of aliphatic hydroxyl groups is 4. The number of hydrogen-bond donors (Lipinski definition) is 5. The first kappa shape index (κ1) is 27.2. The highest BCUT2D eigenvalue weighted by Crippen LogP contribution is 2.39. The molecule has 0 saturated carbocycles. The first-order valence-corrected chi connectivity index (χ1v) is 10.4. The van der Waals surface area contributed by atoms with E-state index in [1.54, 1.807) is 0 Å². The molecule has 0 amide bonds. The molecular weight excluding hydrogens is 400 g/mol. The van der Waals surface area contributed by atoms with E-state index in [0.29, 0.717) is 0 Å². The minimum Gasteiger partial charge on any atom is -0.479 e. The van der Waals surface area contributed by atoms with Gasteiger partial charge in [0.25, 0.3) is 0 Å². The van der Waals surface area contributed by atoms with Gasteiger partial charge in [0.05, 0.1) is 31.5 Å². The van der Waals surface area contributed by atoms with Gasteiger partial charge in [0, 0.05) is 13.5 Å². The van der Waals surface area contributed by atoms with Gasteiger partial charge in [-0.1, -0.05) is 20.8 Å². The number of aliphatic carboxylic acids is 1. The monoisotopic (exact) mass is 438 g/mol. The molecule has 1 rings (SSSR count). The summed E-state index contributed by atoms with van der Waals surface area (Å²) < 4.78 is 22.2. The fourth-order valence-electron chi connectivity index (χ4n) is 3.49. The van der Waals surface area contributed by atoms with Gasteiger partial charge in [-0.3, -0.25) is 0 Å². The average Bonchev–Trinajstić information content (AvgIpc) is 2.75. The summed E-state index contributed by atoms with van der Waals surface area (Å²) in [5.74, 6) is -1.33. The van der Waals surface area contributed by atoms with E-state index < -0.39 is 62.1 Å². The molecule has 178 valence electrons. The van der Waals surface area contributed by atoms with Crippen molar-refractivity contribution in [1.82, 2.24) is 0 Å². The van der Waals surface area contributed by atoms with Gasteiger partial charge in [0.15, 0.2) is 12.4 Å². The van der Waals surface area contributed by atoms with Crippen LogP contribution in [-0.2, 0) is 23.7 Å². The summed E-state index contributed by atoms with van der Waals surface area (Å²) >= 11 is 0. The molecule has 10 heteroatoms. The van der Waals surface area contributed by atoms with Gasteiger partial charge in [0.1, 0.15) is 18.3 Å². The third-order valence-corrected chi connectivity index (χ3v) is 6.25. The summed E-state index contributed by atoms with van der Waals surface area (Å²) in [6, 6.07) is 0. The molecule has 1 heterocycles. The van der Waals surface area contributed by atoms with Crippen LogP contribution >= 0.6 is 0 Å². The SMILES string of the molecule is CCC(C)(CC)C1C[C@@H](OC(OC(C(=O)O)[C@H](C)OC)[C@@H](O)CO)C(O)C(CO)O1. The van der Waals surface area contributed by atoms with Crippen molar-refractivity contribution in [2.24, 2.45) is 5.41 Å². The molecule has 1 aliphatic heterocycles. The Morgan fingerprint density at radius 1 is 1.27 bits per heavy atom. The van der Waals surface area contributed by atoms with Crippen LogP contribution in [0.4, 0.5) is 0 Å². The minimum absolute atomic E-state index is 0.241. The van der Waals surface area contributed by atoms with E-state index in [0.717, 1.165) is 12.8 Å². The quantitative estimate of drug-likeness (QED) is 0.246. The summed E-state index contributed by atoms with van der Waals surface area (Å²) in [6.45, 7) is 6.38. The van der Waals surface area contributed by atoms with Gasteiger partial charge in [-0.25, -0.2) is 4.79 Å². The van der Waals surface area contributed by atoms with Crippen molar-refractivity contribution in [3.8, 4) is 0 Å². The van der Waals surface area contributed by atoms with Gasteiger partial charge in [0.2, 0.25) is 0 Å². The minimum atomic E-state index is -1.55. The zero-order valence-corrected chi connectivity index (χ0v) is 18.4. The molecule has 1 aliphatic rings. The van der Waals surface area contributed by atoms with E-state index in [1.807, 2.05) is 20.8 Å². The molecule has 5 unspecified atom stereocenters. The van der Waals surface area contributed by atoms with E-state index in [1.165, 1.54) is 14.0 Å². The lowest BCUT2D eigenvalue weighted by atomic mass is 9.75. The predicted octanol–water partition coefficient (Wildman–Crippen LogP) is -0.107. The Hall–Kier alpha value is -0.850. The van der Waals surface area contributed by atoms with Crippen molar-refractivity contribution in [1.29, 1.82) is 0 Å². The topological polar surface area (TPSA) is 155 Å². The Balaban J connectivity index is 3.11. The van der Waals surface area contributed by atoms with Crippen molar-refractivity contribution in [2.75, 3.05) is 20.3 Å². The first-order chi connectivity index (χ1) is 14.1. The second-order valence-electron chi connectivity index (χ2n) is 8.06.